The normalized spacial score (nSPS) is 17.9. The third kappa shape index (κ3) is 4.58. The van der Waals surface area contributed by atoms with Gasteiger partial charge in [-0.15, -0.1) is 5.54 Å². The standard InChI is InChI=1S/C23H32BrNOSi/c1-16(2)27(17(3)4,18(5)6)15-9-10-21-23(7,8)25-22(26-21)19-11-13-20(24)14-12-19/h10-14,16-18H,1-8H3/b21-10+. The van der Waals surface area contributed by atoms with E-state index in [1.165, 1.54) is 0 Å². The summed E-state index contributed by atoms with van der Waals surface area (Å²) in [5.41, 5.74) is 6.19. The van der Waals surface area contributed by atoms with E-state index in [9.17, 15) is 0 Å². The molecule has 1 aromatic rings. The summed E-state index contributed by atoms with van der Waals surface area (Å²) in [4.78, 5) is 4.78. The van der Waals surface area contributed by atoms with Crippen LogP contribution in [0.1, 0.15) is 61.0 Å². The van der Waals surface area contributed by atoms with Gasteiger partial charge in [0, 0.05) is 16.1 Å². The first-order valence-corrected chi connectivity index (χ1v) is 12.8. The summed E-state index contributed by atoms with van der Waals surface area (Å²) in [5.74, 6) is 4.89. The van der Waals surface area contributed by atoms with Crippen molar-refractivity contribution in [3.05, 3.63) is 46.1 Å². The number of nitrogens with zero attached hydrogens (tertiary/aromatic N) is 1. The third-order valence-corrected chi connectivity index (χ3v) is 12.5. The van der Waals surface area contributed by atoms with Crippen LogP contribution in [0.2, 0.25) is 16.6 Å². The van der Waals surface area contributed by atoms with Crippen molar-refractivity contribution in [1.29, 1.82) is 0 Å². The number of halogens is 1. The van der Waals surface area contributed by atoms with E-state index in [0.717, 1.165) is 15.8 Å². The molecule has 0 amide bonds. The van der Waals surface area contributed by atoms with Gasteiger partial charge in [-0.2, -0.15) is 0 Å². The van der Waals surface area contributed by atoms with Crippen molar-refractivity contribution in [1.82, 2.24) is 0 Å². The Balaban J connectivity index is 2.33. The number of allylic oxidation sites excluding steroid dienone is 1. The van der Waals surface area contributed by atoms with Crippen molar-refractivity contribution in [2.75, 3.05) is 0 Å². The van der Waals surface area contributed by atoms with Gasteiger partial charge in [-0.3, -0.25) is 0 Å². The van der Waals surface area contributed by atoms with Crippen LogP contribution in [0.15, 0.2) is 45.6 Å². The fourth-order valence-electron chi connectivity index (χ4n) is 4.14. The monoisotopic (exact) mass is 445 g/mol. The van der Waals surface area contributed by atoms with Crippen molar-refractivity contribution >= 4 is 29.9 Å². The second kappa shape index (κ2) is 8.37. The van der Waals surface area contributed by atoms with E-state index in [0.29, 0.717) is 22.5 Å². The molecule has 0 N–H and O–H groups in total. The highest BCUT2D eigenvalue weighted by Gasteiger charge is 2.41. The largest absolute Gasteiger partial charge is 0.440 e. The summed E-state index contributed by atoms with van der Waals surface area (Å²) in [7, 11) is -1.74. The molecule has 1 aromatic carbocycles. The van der Waals surface area contributed by atoms with Gasteiger partial charge in [-0.25, -0.2) is 4.99 Å². The lowest BCUT2D eigenvalue weighted by molar-refractivity contribution is 0.382. The van der Waals surface area contributed by atoms with Crippen LogP contribution in [0.25, 0.3) is 0 Å². The maximum absolute atomic E-state index is 6.11. The zero-order chi connectivity index (χ0) is 20.4. The molecule has 0 atom stereocenters. The molecule has 0 unspecified atom stereocenters. The first-order chi connectivity index (χ1) is 12.5. The fourth-order valence-corrected chi connectivity index (χ4v) is 9.60. The second-order valence-electron chi connectivity index (χ2n) is 8.76. The molecule has 0 aliphatic carbocycles. The van der Waals surface area contributed by atoms with Crippen LogP contribution in [0.3, 0.4) is 0 Å². The van der Waals surface area contributed by atoms with E-state index >= 15 is 0 Å². The van der Waals surface area contributed by atoms with Gasteiger partial charge in [0.1, 0.15) is 19.4 Å². The number of hydrogen-bond donors (Lipinski definition) is 0. The maximum atomic E-state index is 6.11. The van der Waals surface area contributed by atoms with E-state index in [4.69, 9.17) is 9.73 Å². The molecule has 4 heteroatoms. The summed E-state index contributed by atoms with van der Waals surface area (Å²) in [5, 5.41) is 0. The predicted octanol–water partition coefficient (Wildman–Crippen LogP) is 7.11. The molecular weight excluding hydrogens is 414 g/mol. The summed E-state index contributed by atoms with van der Waals surface area (Å²) < 4.78 is 7.15. The Morgan fingerprint density at radius 3 is 2.00 bits per heavy atom. The van der Waals surface area contributed by atoms with Gasteiger partial charge in [0.25, 0.3) is 0 Å². The van der Waals surface area contributed by atoms with Crippen molar-refractivity contribution < 1.29 is 4.74 Å². The molecule has 0 saturated carbocycles. The van der Waals surface area contributed by atoms with Crippen LogP contribution in [0.5, 0.6) is 0 Å². The van der Waals surface area contributed by atoms with Crippen molar-refractivity contribution in [2.45, 2.75) is 77.6 Å². The van der Waals surface area contributed by atoms with Gasteiger partial charge in [0.2, 0.25) is 5.90 Å². The highest BCUT2D eigenvalue weighted by atomic mass is 79.9. The van der Waals surface area contributed by atoms with Crippen LogP contribution in [-0.4, -0.2) is 19.5 Å². The summed E-state index contributed by atoms with van der Waals surface area (Å²) >= 11 is 3.47. The molecule has 1 aliphatic rings. The highest BCUT2D eigenvalue weighted by molar-refractivity contribution is 9.10. The Bertz CT molecular complexity index is 770. The number of benzene rings is 1. The van der Waals surface area contributed by atoms with E-state index < -0.39 is 13.6 Å². The lowest BCUT2D eigenvalue weighted by Gasteiger charge is -2.38. The Morgan fingerprint density at radius 2 is 1.52 bits per heavy atom. The molecular formula is C23H32BrNOSi. The quantitative estimate of drug-likeness (QED) is 0.357. The van der Waals surface area contributed by atoms with Crippen LogP contribution in [0, 0.1) is 11.5 Å². The molecule has 0 aromatic heterocycles. The maximum Gasteiger partial charge on any atom is 0.222 e. The van der Waals surface area contributed by atoms with Crippen molar-refractivity contribution in [3.8, 4) is 11.5 Å². The molecule has 1 aliphatic heterocycles. The van der Waals surface area contributed by atoms with Crippen LogP contribution in [0.4, 0.5) is 0 Å². The molecule has 0 saturated heterocycles. The number of ether oxygens (including phenoxy) is 1. The number of rotatable bonds is 4. The first-order valence-electron chi connectivity index (χ1n) is 9.77. The zero-order valence-corrected chi connectivity index (χ0v) is 20.4. The van der Waals surface area contributed by atoms with E-state index in [1.807, 2.05) is 30.3 Å². The number of aliphatic imine (C=N–C) groups is 1. The first kappa shape index (κ1) is 22.0. The lowest BCUT2D eigenvalue weighted by atomic mass is 10.0. The van der Waals surface area contributed by atoms with Gasteiger partial charge in [-0.05, 0) is 54.7 Å². The van der Waals surface area contributed by atoms with Gasteiger partial charge in [0.05, 0.1) is 0 Å². The summed E-state index contributed by atoms with van der Waals surface area (Å²) in [6.07, 6.45) is 1.95. The fraction of sp³-hybridized carbons (Fsp3) is 0.522. The average Bonchev–Trinajstić information content (AvgIpc) is 2.86. The second-order valence-corrected chi connectivity index (χ2v) is 15.3. The van der Waals surface area contributed by atoms with Crippen LogP contribution >= 0.6 is 15.9 Å². The van der Waals surface area contributed by atoms with Gasteiger partial charge in [-0.1, -0.05) is 63.4 Å². The van der Waals surface area contributed by atoms with Gasteiger partial charge < -0.3 is 4.74 Å². The van der Waals surface area contributed by atoms with E-state index in [1.54, 1.807) is 0 Å². The van der Waals surface area contributed by atoms with Crippen LogP contribution < -0.4 is 0 Å². The highest BCUT2D eigenvalue weighted by Crippen LogP contribution is 2.40. The van der Waals surface area contributed by atoms with Gasteiger partial charge >= 0.3 is 0 Å². The molecule has 2 rings (SSSR count). The van der Waals surface area contributed by atoms with E-state index in [2.05, 4.69) is 82.8 Å². The summed E-state index contributed by atoms with van der Waals surface area (Å²) in [6.45, 7) is 18.1. The Morgan fingerprint density at radius 1 is 1.00 bits per heavy atom. The predicted molar refractivity (Wildman–Crippen MR) is 123 cm³/mol. The Labute approximate surface area is 174 Å². The molecule has 0 fully saturated rings. The Kier molecular flexibility index (Phi) is 6.81. The molecule has 0 bridgehead atoms. The average molecular weight is 447 g/mol. The molecule has 1 heterocycles. The SMILES string of the molecule is CC(C)[Si](C#C/C=C1/OC(c2ccc(Br)cc2)=NC1(C)C)(C(C)C)C(C)C. The molecule has 146 valence electrons. The topological polar surface area (TPSA) is 21.6 Å². The minimum Gasteiger partial charge on any atom is -0.440 e. The smallest absolute Gasteiger partial charge is 0.222 e. The van der Waals surface area contributed by atoms with Crippen molar-refractivity contribution in [3.63, 3.8) is 0 Å². The number of hydrogen-bond acceptors (Lipinski definition) is 2. The minimum absolute atomic E-state index is 0.394. The van der Waals surface area contributed by atoms with Crippen LogP contribution in [-0.2, 0) is 4.74 Å². The third-order valence-electron chi connectivity index (χ3n) is 5.64. The summed E-state index contributed by atoms with van der Waals surface area (Å²) in [6, 6.07) is 8.04. The van der Waals surface area contributed by atoms with E-state index in [-0.39, 0.29) is 0 Å². The molecule has 0 radical (unpaired) electrons. The van der Waals surface area contributed by atoms with Gasteiger partial charge in [0.15, 0.2) is 0 Å². The van der Waals surface area contributed by atoms with Crippen molar-refractivity contribution in [2.24, 2.45) is 4.99 Å². The Hall–Kier alpha value is -1.31. The molecule has 2 nitrogen and oxygen atoms in total. The minimum atomic E-state index is -1.74. The lowest BCUT2D eigenvalue weighted by Crippen LogP contribution is -2.43. The molecule has 0 spiro atoms. The molecule has 27 heavy (non-hydrogen) atoms. The zero-order valence-electron chi connectivity index (χ0n) is 17.9.